The van der Waals surface area contributed by atoms with Gasteiger partial charge in [-0.25, -0.2) is 8.42 Å². The van der Waals surface area contributed by atoms with Gasteiger partial charge in [0.15, 0.2) is 6.10 Å². The largest absolute Gasteiger partial charge is 0.416 e. The normalized spacial score (nSPS) is 14.2. The van der Waals surface area contributed by atoms with Crippen molar-refractivity contribution in [3.8, 4) is 0 Å². The Morgan fingerprint density at radius 3 is 2.62 bits per heavy atom. The van der Waals surface area contributed by atoms with Gasteiger partial charge in [0.2, 0.25) is 5.91 Å². The van der Waals surface area contributed by atoms with Crippen LogP contribution in [0.15, 0.2) is 21.7 Å². The minimum absolute atomic E-state index is 0.0214. The van der Waals surface area contributed by atoms with Gasteiger partial charge in [0, 0.05) is 7.05 Å². The van der Waals surface area contributed by atoms with E-state index in [4.69, 9.17) is 5.11 Å². The number of nitrogens with zero attached hydrogens (tertiary/aromatic N) is 1. The van der Waals surface area contributed by atoms with Crippen LogP contribution in [0.4, 0.5) is 13.2 Å². The van der Waals surface area contributed by atoms with Gasteiger partial charge in [-0.1, -0.05) is 6.07 Å². The lowest BCUT2D eigenvalue weighted by atomic mass is 10.3. The van der Waals surface area contributed by atoms with Crippen LogP contribution < -0.4 is 5.32 Å². The van der Waals surface area contributed by atoms with Crippen molar-refractivity contribution in [2.75, 3.05) is 20.1 Å². The second-order valence-electron chi connectivity index (χ2n) is 4.05. The fourth-order valence-corrected chi connectivity index (χ4v) is 3.56. The molecule has 11 heteroatoms. The average molecular weight is 346 g/mol. The van der Waals surface area contributed by atoms with Crippen molar-refractivity contribution in [2.45, 2.75) is 16.5 Å². The van der Waals surface area contributed by atoms with Crippen LogP contribution >= 0.6 is 11.3 Å². The van der Waals surface area contributed by atoms with E-state index in [-0.39, 0.29) is 4.21 Å². The van der Waals surface area contributed by atoms with Gasteiger partial charge in [-0.05, 0) is 11.4 Å². The van der Waals surface area contributed by atoms with E-state index in [9.17, 15) is 26.4 Å². The summed E-state index contributed by atoms with van der Waals surface area (Å²) < 4.78 is 60.7. The van der Waals surface area contributed by atoms with Gasteiger partial charge in [-0.2, -0.15) is 17.5 Å². The van der Waals surface area contributed by atoms with E-state index >= 15 is 0 Å². The molecule has 1 aromatic heterocycles. The number of aliphatic hydroxyl groups excluding tert-OH is 1. The summed E-state index contributed by atoms with van der Waals surface area (Å²) in [5.41, 5.74) is 0. The maximum atomic E-state index is 12.0. The zero-order chi connectivity index (χ0) is 16.3. The Bertz CT molecular complexity index is 572. The number of carbonyl (C=O) groups is 1. The summed E-state index contributed by atoms with van der Waals surface area (Å²) in [6.07, 6.45) is -7.54. The van der Waals surface area contributed by atoms with Crippen LogP contribution in [-0.4, -0.2) is 56.2 Å². The fraction of sp³-hybridized carbons (Fsp3) is 0.500. The molecule has 1 rings (SSSR count). The highest BCUT2D eigenvalue weighted by atomic mass is 32.2. The summed E-state index contributed by atoms with van der Waals surface area (Å²) in [6, 6.07) is 2.87. The van der Waals surface area contributed by atoms with E-state index < -0.39 is 41.3 Å². The molecule has 0 bridgehead atoms. The highest BCUT2D eigenvalue weighted by Crippen LogP contribution is 2.20. The third-order valence-corrected chi connectivity index (χ3v) is 5.57. The van der Waals surface area contributed by atoms with Crippen LogP contribution in [0.5, 0.6) is 0 Å². The van der Waals surface area contributed by atoms with Crippen molar-refractivity contribution in [3.05, 3.63) is 17.5 Å². The molecule has 0 aliphatic heterocycles. The first-order chi connectivity index (χ1) is 9.55. The van der Waals surface area contributed by atoms with Crippen molar-refractivity contribution in [1.82, 2.24) is 9.62 Å². The Balaban J connectivity index is 2.56. The van der Waals surface area contributed by atoms with Crippen LogP contribution in [0.2, 0.25) is 0 Å². The Labute approximate surface area is 123 Å². The number of amides is 1. The first-order valence-corrected chi connectivity index (χ1v) is 7.88. The van der Waals surface area contributed by atoms with E-state index in [1.165, 1.54) is 12.1 Å². The maximum absolute atomic E-state index is 12.0. The van der Waals surface area contributed by atoms with Gasteiger partial charge in [0.25, 0.3) is 10.0 Å². The van der Waals surface area contributed by atoms with Crippen molar-refractivity contribution in [1.29, 1.82) is 0 Å². The summed E-state index contributed by atoms with van der Waals surface area (Å²) in [7, 11) is -2.72. The number of thiophene rings is 1. The van der Waals surface area contributed by atoms with Gasteiger partial charge in [-0.3, -0.25) is 4.79 Å². The highest BCUT2D eigenvalue weighted by molar-refractivity contribution is 7.91. The summed E-state index contributed by atoms with van der Waals surface area (Å²) in [6.45, 7) is -1.68. The zero-order valence-electron chi connectivity index (χ0n) is 10.8. The van der Waals surface area contributed by atoms with Crippen LogP contribution in [0, 0.1) is 0 Å². The SMILES string of the molecule is CN(CC(=O)NCC(O)C(F)(F)F)S(=O)(=O)c1cccs1. The number of alkyl halides is 3. The highest BCUT2D eigenvalue weighted by Gasteiger charge is 2.38. The van der Waals surface area contributed by atoms with Gasteiger partial charge in [-0.15, -0.1) is 11.3 Å². The molecule has 0 aromatic carbocycles. The number of halogens is 3. The number of rotatable bonds is 6. The summed E-state index contributed by atoms with van der Waals surface area (Å²) >= 11 is 0.957. The molecular weight excluding hydrogens is 333 g/mol. The van der Waals surface area contributed by atoms with Gasteiger partial charge in [0.05, 0.1) is 13.1 Å². The first kappa shape index (κ1) is 17.9. The van der Waals surface area contributed by atoms with Crippen LogP contribution in [0.25, 0.3) is 0 Å². The lowest BCUT2D eigenvalue weighted by molar-refractivity contribution is -0.201. The average Bonchev–Trinajstić information content (AvgIpc) is 2.88. The van der Waals surface area contributed by atoms with Crippen molar-refractivity contribution in [2.24, 2.45) is 0 Å². The third kappa shape index (κ3) is 4.95. The number of sulfonamides is 1. The first-order valence-electron chi connectivity index (χ1n) is 5.56. The maximum Gasteiger partial charge on any atom is 0.416 e. The van der Waals surface area contributed by atoms with Gasteiger partial charge < -0.3 is 10.4 Å². The van der Waals surface area contributed by atoms with E-state index in [1.807, 2.05) is 5.32 Å². The molecule has 1 heterocycles. The monoisotopic (exact) mass is 346 g/mol. The Morgan fingerprint density at radius 2 is 2.14 bits per heavy atom. The van der Waals surface area contributed by atoms with Crippen molar-refractivity contribution in [3.63, 3.8) is 0 Å². The molecule has 6 nitrogen and oxygen atoms in total. The standard InChI is InChI=1S/C10H13F3N2O4S2/c1-15(21(18,19)9-3-2-4-20-9)6-8(17)14-5-7(16)10(11,12)13/h2-4,7,16H,5-6H2,1H3,(H,14,17). The molecule has 1 amide bonds. The molecule has 1 atom stereocenters. The van der Waals surface area contributed by atoms with Gasteiger partial charge in [0.1, 0.15) is 4.21 Å². The Morgan fingerprint density at radius 1 is 1.52 bits per heavy atom. The van der Waals surface area contributed by atoms with Crippen molar-refractivity contribution >= 4 is 27.3 Å². The predicted octanol–water partition coefficient (Wildman–Crippen LogP) is 0.408. The second kappa shape index (κ2) is 6.73. The van der Waals surface area contributed by atoms with E-state index in [0.29, 0.717) is 4.31 Å². The molecule has 0 aliphatic carbocycles. The number of carbonyl (C=O) groups excluding carboxylic acids is 1. The van der Waals surface area contributed by atoms with Crippen molar-refractivity contribution < 1.29 is 31.5 Å². The molecule has 21 heavy (non-hydrogen) atoms. The molecule has 0 saturated carbocycles. The quantitative estimate of drug-likeness (QED) is 0.781. The minimum Gasteiger partial charge on any atom is -0.382 e. The van der Waals surface area contributed by atoms with Crippen LogP contribution in [-0.2, 0) is 14.8 Å². The van der Waals surface area contributed by atoms with Crippen LogP contribution in [0.3, 0.4) is 0 Å². The number of likely N-dealkylation sites (N-methyl/N-ethyl adjacent to an activating group) is 1. The lowest BCUT2D eigenvalue weighted by Crippen LogP contribution is -2.44. The van der Waals surface area contributed by atoms with Crippen LogP contribution in [0.1, 0.15) is 0 Å². The predicted molar refractivity (Wildman–Crippen MR) is 69.2 cm³/mol. The molecule has 120 valence electrons. The molecule has 1 aromatic rings. The molecule has 0 saturated heterocycles. The van der Waals surface area contributed by atoms with E-state index in [1.54, 1.807) is 5.38 Å². The fourth-order valence-electron chi connectivity index (χ4n) is 1.23. The number of hydrogen-bond donors (Lipinski definition) is 2. The van der Waals surface area contributed by atoms with E-state index in [2.05, 4.69) is 0 Å². The van der Waals surface area contributed by atoms with Gasteiger partial charge >= 0.3 is 6.18 Å². The molecule has 0 spiro atoms. The molecule has 0 radical (unpaired) electrons. The number of hydrogen-bond acceptors (Lipinski definition) is 5. The molecule has 0 fully saturated rings. The second-order valence-corrected chi connectivity index (χ2v) is 7.27. The summed E-state index contributed by atoms with van der Waals surface area (Å²) in [5.74, 6) is -0.944. The Hall–Kier alpha value is -1.17. The minimum atomic E-state index is -4.85. The third-order valence-electron chi connectivity index (χ3n) is 2.40. The molecule has 1 unspecified atom stereocenters. The molecule has 2 N–H and O–H groups in total. The molecular formula is C10H13F3N2O4S2. The molecule has 0 aliphatic rings. The summed E-state index contributed by atoms with van der Waals surface area (Å²) in [5, 5.41) is 12.1. The Kier molecular flexibility index (Phi) is 5.73. The smallest absolute Gasteiger partial charge is 0.382 e. The number of aliphatic hydroxyl groups is 1. The summed E-state index contributed by atoms with van der Waals surface area (Å²) in [4.78, 5) is 11.4. The topological polar surface area (TPSA) is 86.7 Å². The number of nitrogens with one attached hydrogen (secondary N) is 1. The lowest BCUT2D eigenvalue weighted by Gasteiger charge is -2.18. The zero-order valence-corrected chi connectivity index (χ0v) is 12.4. The van der Waals surface area contributed by atoms with E-state index in [0.717, 1.165) is 18.4 Å².